The molecule has 0 amide bonds. The van der Waals surface area contributed by atoms with Gasteiger partial charge < -0.3 is 4.57 Å². The molecule has 1 aromatic heterocycles. The summed E-state index contributed by atoms with van der Waals surface area (Å²) in [5.41, 5.74) is 4.75. The second kappa shape index (κ2) is 5.82. The molecule has 0 aliphatic carbocycles. The van der Waals surface area contributed by atoms with Crippen LogP contribution in [0.5, 0.6) is 0 Å². The first-order valence-electron chi connectivity index (χ1n) is 8.01. The highest BCUT2D eigenvalue weighted by Crippen LogP contribution is 2.27. The highest BCUT2D eigenvalue weighted by atomic mass is 16.1. The van der Waals surface area contributed by atoms with E-state index in [2.05, 4.69) is 35.8 Å². The molecule has 0 saturated carbocycles. The number of nitrogens with zero attached hydrogens (tertiary/aromatic N) is 1. The number of fused-ring (bicyclic) bond motifs is 1. The predicted molar refractivity (Wildman–Crippen MR) is 97.9 cm³/mol. The second-order valence-electron chi connectivity index (χ2n) is 5.96. The van der Waals surface area contributed by atoms with Gasteiger partial charge in [0.2, 0.25) is 0 Å². The Labute approximate surface area is 141 Å². The first-order valence-corrected chi connectivity index (χ1v) is 8.01. The Bertz CT molecular complexity index is 1030. The molecule has 0 saturated heterocycles. The largest absolute Gasteiger partial charge is 0.316 e. The number of aryl methyl sites for hydroxylation is 1. The normalized spacial score (nSPS) is 10.9. The standard InChI is InChI=1S/C22H17NO/c1-16-8-7-11-18(14-16)23-15-20(19-12-5-6-13-21(19)23)22(24)17-9-3-2-4-10-17/h2-15H,1H3. The Balaban J connectivity index is 1.94. The number of benzene rings is 3. The van der Waals surface area contributed by atoms with Crippen molar-refractivity contribution in [3.63, 3.8) is 0 Å². The Kier molecular flexibility index (Phi) is 3.51. The van der Waals surface area contributed by atoms with Crippen LogP contribution in [-0.4, -0.2) is 10.4 Å². The highest BCUT2D eigenvalue weighted by molar-refractivity contribution is 6.16. The Hall–Kier alpha value is -3.13. The van der Waals surface area contributed by atoms with Crippen LogP contribution in [0.3, 0.4) is 0 Å². The quantitative estimate of drug-likeness (QED) is 0.478. The van der Waals surface area contributed by atoms with Crippen molar-refractivity contribution in [1.82, 2.24) is 4.57 Å². The maximum Gasteiger partial charge on any atom is 0.195 e. The molecule has 0 fully saturated rings. The van der Waals surface area contributed by atoms with E-state index >= 15 is 0 Å². The topological polar surface area (TPSA) is 22.0 Å². The first-order chi connectivity index (χ1) is 11.7. The summed E-state index contributed by atoms with van der Waals surface area (Å²) < 4.78 is 2.10. The summed E-state index contributed by atoms with van der Waals surface area (Å²) in [6.45, 7) is 2.07. The first kappa shape index (κ1) is 14.5. The second-order valence-corrected chi connectivity index (χ2v) is 5.96. The van der Waals surface area contributed by atoms with Gasteiger partial charge in [-0.15, -0.1) is 0 Å². The van der Waals surface area contributed by atoms with E-state index in [-0.39, 0.29) is 5.78 Å². The summed E-state index contributed by atoms with van der Waals surface area (Å²) in [5, 5.41) is 0.979. The van der Waals surface area contributed by atoms with Crippen LogP contribution >= 0.6 is 0 Å². The number of carbonyl (C=O) groups is 1. The number of para-hydroxylation sites is 1. The van der Waals surface area contributed by atoms with Gasteiger partial charge in [0.25, 0.3) is 0 Å². The minimum atomic E-state index is 0.0539. The summed E-state index contributed by atoms with van der Waals surface area (Å²) in [5.74, 6) is 0.0539. The van der Waals surface area contributed by atoms with Crippen LogP contribution in [0.25, 0.3) is 16.6 Å². The van der Waals surface area contributed by atoms with Crippen LogP contribution in [0.4, 0.5) is 0 Å². The van der Waals surface area contributed by atoms with Gasteiger partial charge in [-0.3, -0.25) is 4.79 Å². The lowest BCUT2D eigenvalue weighted by molar-refractivity contribution is 0.104. The van der Waals surface area contributed by atoms with E-state index in [1.807, 2.05) is 60.8 Å². The van der Waals surface area contributed by atoms with Crippen LogP contribution in [0, 0.1) is 6.92 Å². The maximum atomic E-state index is 13.0. The molecular weight excluding hydrogens is 294 g/mol. The number of aromatic nitrogens is 1. The van der Waals surface area contributed by atoms with Gasteiger partial charge in [0, 0.05) is 28.4 Å². The van der Waals surface area contributed by atoms with Gasteiger partial charge >= 0.3 is 0 Å². The lowest BCUT2D eigenvalue weighted by Gasteiger charge is -2.05. The zero-order valence-corrected chi connectivity index (χ0v) is 13.4. The van der Waals surface area contributed by atoms with Gasteiger partial charge in [-0.1, -0.05) is 60.7 Å². The molecule has 0 spiro atoms. The van der Waals surface area contributed by atoms with Crippen LogP contribution in [0.2, 0.25) is 0 Å². The predicted octanol–water partition coefficient (Wildman–Crippen LogP) is 5.17. The number of hydrogen-bond acceptors (Lipinski definition) is 1. The molecule has 4 rings (SSSR count). The molecule has 2 heteroatoms. The van der Waals surface area contributed by atoms with Crippen molar-refractivity contribution in [2.24, 2.45) is 0 Å². The van der Waals surface area contributed by atoms with Gasteiger partial charge in [0.15, 0.2) is 5.78 Å². The third-order valence-corrected chi connectivity index (χ3v) is 4.27. The Morgan fingerprint density at radius 1 is 0.833 bits per heavy atom. The lowest BCUT2D eigenvalue weighted by atomic mass is 10.0. The summed E-state index contributed by atoms with van der Waals surface area (Å²) in [6.07, 6.45) is 1.95. The Morgan fingerprint density at radius 2 is 1.58 bits per heavy atom. The fourth-order valence-electron chi connectivity index (χ4n) is 3.10. The zero-order chi connectivity index (χ0) is 16.5. The minimum Gasteiger partial charge on any atom is -0.316 e. The molecule has 3 aromatic carbocycles. The number of hydrogen-bond donors (Lipinski definition) is 0. The SMILES string of the molecule is Cc1cccc(-n2cc(C(=O)c3ccccc3)c3ccccc32)c1. The maximum absolute atomic E-state index is 13.0. The molecule has 0 bridgehead atoms. The minimum absolute atomic E-state index is 0.0539. The molecule has 0 N–H and O–H groups in total. The number of carbonyl (C=O) groups excluding carboxylic acids is 1. The van der Waals surface area contributed by atoms with E-state index in [1.165, 1.54) is 5.56 Å². The molecule has 4 aromatic rings. The van der Waals surface area contributed by atoms with Crippen molar-refractivity contribution in [1.29, 1.82) is 0 Å². The number of ketones is 1. The van der Waals surface area contributed by atoms with Gasteiger partial charge in [-0.2, -0.15) is 0 Å². The van der Waals surface area contributed by atoms with Crippen LogP contribution < -0.4 is 0 Å². The Morgan fingerprint density at radius 3 is 2.38 bits per heavy atom. The third-order valence-electron chi connectivity index (χ3n) is 4.27. The average molecular weight is 311 g/mol. The monoisotopic (exact) mass is 311 g/mol. The number of rotatable bonds is 3. The van der Waals surface area contributed by atoms with Crippen molar-refractivity contribution >= 4 is 16.7 Å². The van der Waals surface area contributed by atoms with Crippen LogP contribution in [0.15, 0.2) is 85.1 Å². The van der Waals surface area contributed by atoms with Crippen LogP contribution in [0.1, 0.15) is 21.5 Å². The average Bonchev–Trinajstić information content (AvgIpc) is 3.01. The smallest absolute Gasteiger partial charge is 0.195 e. The van der Waals surface area contributed by atoms with E-state index < -0.39 is 0 Å². The molecular formula is C22H17NO. The fourth-order valence-corrected chi connectivity index (χ4v) is 3.10. The molecule has 0 unspecified atom stereocenters. The fraction of sp³-hybridized carbons (Fsp3) is 0.0455. The highest BCUT2D eigenvalue weighted by Gasteiger charge is 2.17. The van der Waals surface area contributed by atoms with Crippen molar-refractivity contribution in [2.45, 2.75) is 6.92 Å². The molecule has 0 aliphatic rings. The lowest BCUT2D eigenvalue weighted by Crippen LogP contribution is -2.00. The molecule has 1 heterocycles. The van der Waals surface area contributed by atoms with Gasteiger partial charge in [-0.25, -0.2) is 0 Å². The van der Waals surface area contributed by atoms with E-state index in [9.17, 15) is 4.79 Å². The summed E-state index contributed by atoms with van der Waals surface area (Å²) in [6, 6.07) is 25.8. The van der Waals surface area contributed by atoms with Crippen molar-refractivity contribution in [2.75, 3.05) is 0 Å². The third kappa shape index (κ3) is 2.42. The van der Waals surface area contributed by atoms with Crippen molar-refractivity contribution < 1.29 is 4.79 Å². The van der Waals surface area contributed by atoms with E-state index in [0.29, 0.717) is 5.56 Å². The van der Waals surface area contributed by atoms with E-state index in [0.717, 1.165) is 22.2 Å². The van der Waals surface area contributed by atoms with Crippen molar-refractivity contribution in [3.8, 4) is 5.69 Å². The van der Waals surface area contributed by atoms with E-state index in [1.54, 1.807) is 0 Å². The molecule has 24 heavy (non-hydrogen) atoms. The molecule has 116 valence electrons. The zero-order valence-electron chi connectivity index (χ0n) is 13.4. The van der Waals surface area contributed by atoms with E-state index in [4.69, 9.17) is 0 Å². The van der Waals surface area contributed by atoms with Gasteiger partial charge in [-0.05, 0) is 30.7 Å². The van der Waals surface area contributed by atoms with Crippen molar-refractivity contribution in [3.05, 3.63) is 102 Å². The summed E-state index contributed by atoms with van der Waals surface area (Å²) in [4.78, 5) is 13.0. The van der Waals surface area contributed by atoms with Gasteiger partial charge in [0.05, 0.1) is 5.52 Å². The summed E-state index contributed by atoms with van der Waals surface area (Å²) >= 11 is 0. The summed E-state index contributed by atoms with van der Waals surface area (Å²) in [7, 11) is 0. The molecule has 0 atom stereocenters. The van der Waals surface area contributed by atoms with Gasteiger partial charge in [0.1, 0.15) is 0 Å². The molecule has 2 nitrogen and oxygen atoms in total. The molecule has 0 aliphatic heterocycles. The van der Waals surface area contributed by atoms with Crippen LogP contribution in [-0.2, 0) is 0 Å². The molecule has 0 radical (unpaired) electrons.